The molecule has 8 nitrogen and oxygen atoms in total. The van der Waals surface area contributed by atoms with Gasteiger partial charge in [0.05, 0.1) is 24.3 Å². The van der Waals surface area contributed by atoms with Crippen LogP contribution in [0.1, 0.15) is 30.5 Å². The van der Waals surface area contributed by atoms with Crippen LogP contribution >= 0.6 is 0 Å². The quantitative estimate of drug-likeness (QED) is 0.265. The number of halogens is 1. The van der Waals surface area contributed by atoms with Crippen molar-refractivity contribution in [2.45, 2.75) is 57.8 Å². The first-order valence-corrected chi connectivity index (χ1v) is 14.6. The lowest BCUT2D eigenvalue weighted by molar-refractivity contribution is 0.249. The second-order valence-electron chi connectivity index (χ2n) is 11.6. The van der Waals surface area contributed by atoms with E-state index in [2.05, 4.69) is 58.2 Å². The van der Waals surface area contributed by atoms with Crippen molar-refractivity contribution >= 4 is 22.5 Å². The Morgan fingerprint density at radius 3 is 2.45 bits per heavy atom. The molecule has 1 aromatic heterocycles. The van der Waals surface area contributed by atoms with Crippen molar-refractivity contribution in [3.05, 3.63) is 99.9 Å². The van der Waals surface area contributed by atoms with Gasteiger partial charge in [-0.15, -0.1) is 0 Å². The van der Waals surface area contributed by atoms with Gasteiger partial charge >= 0.3 is 0 Å². The summed E-state index contributed by atoms with van der Waals surface area (Å²) >= 11 is 0. The topological polar surface area (TPSA) is 86.5 Å². The Morgan fingerprint density at radius 2 is 1.79 bits per heavy atom. The van der Waals surface area contributed by atoms with E-state index in [-0.39, 0.29) is 29.5 Å². The summed E-state index contributed by atoms with van der Waals surface area (Å²) in [6.45, 7) is 6.12. The number of guanidine groups is 1. The third kappa shape index (κ3) is 5.48. The van der Waals surface area contributed by atoms with E-state index < -0.39 is 0 Å². The standard InChI is InChI=1S/C33H37FN6O2/c1-21-18-39(19-22(2)37-21)33(35)40(27-14-24-6-4-5-7-25(24)15-27)26-9-11-29-31(16-26)36-20-38(32(29)41)13-12-23-8-10-28(42-3)17-30(23)34/h4-11,16-17,20-22,27,35,37H,12-15,18-19H2,1-3H3. The van der Waals surface area contributed by atoms with Gasteiger partial charge in [-0.1, -0.05) is 30.3 Å². The number of fused-ring (bicyclic) bond motifs is 2. The van der Waals surface area contributed by atoms with Gasteiger partial charge in [0.25, 0.3) is 5.56 Å². The highest BCUT2D eigenvalue weighted by Gasteiger charge is 2.34. The van der Waals surface area contributed by atoms with Gasteiger partial charge in [-0.25, -0.2) is 9.37 Å². The second-order valence-corrected chi connectivity index (χ2v) is 11.6. The van der Waals surface area contributed by atoms with E-state index in [1.54, 1.807) is 12.1 Å². The van der Waals surface area contributed by atoms with Crippen molar-refractivity contribution in [3.8, 4) is 5.75 Å². The van der Waals surface area contributed by atoms with Gasteiger partial charge in [0.1, 0.15) is 11.6 Å². The predicted octanol–water partition coefficient (Wildman–Crippen LogP) is 4.38. The molecule has 0 bridgehead atoms. The third-order valence-electron chi connectivity index (χ3n) is 8.45. The lowest BCUT2D eigenvalue weighted by atomic mass is 10.1. The van der Waals surface area contributed by atoms with Crippen molar-refractivity contribution in [2.24, 2.45) is 0 Å². The molecule has 6 rings (SSSR count). The highest BCUT2D eigenvalue weighted by atomic mass is 19.1. The number of hydrogen-bond acceptors (Lipinski definition) is 5. The van der Waals surface area contributed by atoms with E-state index in [4.69, 9.17) is 4.74 Å². The molecule has 42 heavy (non-hydrogen) atoms. The molecule has 1 aliphatic carbocycles. The van der Waals surface area contributed by atoms with Gasteiger partial charge in [-0.2, -0.15) is 0 Å². The maximum atomic E-state index is 14.5. The maximum absolute atomic E-state index is 14.5. The molecule has 2 N–H and O–H groups in total. The summed E-state index contributed by atoms with van der Waals surface area (Å²) in [7, 11) is 1.50. The summed E-state index contributed by atoms with van der Waals surface area (Å²) in [4.78, 5) is 22.3. The van der Waals surface area contributed by atoms with Gasteiger partial charge in [-0.3, -0.25) is 14.8 Å². The van der Waals surface area contributed by atoms with Crippen LogP contribution in [0.4, 0.5) is 10.1 Å². The summed E-state index contributed by atoms with van der Waals surface area (Å²) in [6, 6.07) is 19.6. The number of hydrogen-bond donors (Lipinski definition) is 2. The van der Waals surface area contributed by atoms with Crippen molar-refractivity contribution in [2.75, 3.05) is 25.1 Å². The third-order valence-corrected chi connectivity index (χ3v) is 8.45. The molecule has 0 amide bonds. The first-order chi connectivity index (χ1) is 20.3. The first kappa shape index (κ1) is 27.9. The fraction of sp³-hybridized carbons (Fsp3) is 0.364. The lowest BCUT2D eigenvalue weighted by Crippen LogP contribution is -2.60. The Kier molecular flexibility index (Phi) is 7.68. The summed E-state index contributed by atoms with van der Waals surface area (Å²) < 4.78 is 21.1. The predicted molar refractivity (Wildman–Crippen MR) is 164 cm³/mol. The smallest absolute Gasteiger partial charge is 0.261 e. The zero-order chi connectivity index (χ0) is 29.4. The van der Waals surface area contributed by atoms with Crippen LogP contribution in [0.25, 0.3) is 10.9 Å². The minimum Gasteiger partial charge on any atom is -0.497 e. The maximum Gasteiger partial charge on any atom is 0.261 e. The normalized spacial score (nSPS) is 18.7. The molecular formula is C33H37FN6O2. The average molecular weight is 569 g/mol. The molecule has 4 aromatic rings. The van der Waals surface area contributed by atoms with Gasteiger partial charge in [0, 0.05) is 49.5 Å². The molecule has 3 aromatic carbocycles. The van der Waals surface area contributed by atoms with E-state index in [9.17, 15) is 14.6 Å². The SMILES string of the molecule is COc1ccc(CCn2cnc3cc(N(C(=N)N4CC(C)NC(C)C4)C4Cc5ccccc5C4)ccc3c2=O)c(F)c1. The molecular weight excluding hydrogens is 531 g/mol. The summed E-state index contributed by atoms with van der Waals surface area (Å²) in [5.74, 6) is 0.578. The lowest BCUT2D eigenvalue weighted by Gasteiger charge is -2.42. The Morgan fingerprint density at radius 1 is 1.07 bits per heavy atom. The van der Waals surface area contributed by atoms with E-state index in [1.165, 1.54) is 35.2 Å². The minimum atomic E-state index is -0.356. The van der Waals surface area contributed by atoms with E-state index in [1.807, 2.05) is 18.2 Å². The number of nitrogens with one attached hydrogen (secondary N) is 2. The number of benzene rings is 3. The molecule has 1 aliphatic heterocycles. The minimum absolute atomic E-state index is 0.0904. The molecule has 1 fully saturated rings. The Bertz CT molecular complexity index is 1650. The van der Waals surface area contributed by atoms with E-state index >= 15 is 0 Å². The van der Waals surface area contributed by atoms with Crippen LogP contribution in [0.5, 0.6) is 5.75 Å². The van der Waals surface area contributed by atoms with Gasteiger partial charge in [-0.05, 0) is 74.1 Å². The van der Waals surface area contributed by atoms with Crippen LogP contribution in [0.15, 0.2) is 71.8 Å². The molecule has 9 heteroatoms. The van der Waals surface area contributed by atoms with Crippen LogP contribution < -0.4 is 20.5 Å². The summed E-state index contributed by atoms with van der Waals surface area (Å²) in [6.07, 6.45) is 3.60. The molecule has 1 saturated heterocycles. The molecule has 2 unspecified atom stereocenters. The highest BCUT2D eigenvalue weighted by molar-refractivity contribution is 5.97. The molecule has 2 aliphatic rings. The van der Waals surface area contributed by atoms with Crippen LogP contribution in [0.3, 0.4) is 0 Å². The number of rotatable bonds is 6. The van der Waals surface area contributed by atoms with Crippen molar-refractivity contribution in [1.82, 2.24) is 19.8 Å². The number of aromatic nitrogens is 2. The fourth-order valence-electron chi connectivity index (χ4n) is 6.43. The molecule has 0 saturated carbocycles. The van der Waals surface area contributed by atoms with Crippen LogP contribution in [0, 0.1) is 11.2 Å². The largest absolute Gasteiger partial charge is 0.497 e. The van der Waals surface area contributed by atoms with Crippen molar-refractivity contribution < 1.29 is 9.13 Å². The van der Waals surface area contributed by atoms with Crippen LogP contribution in [-0.2, 0) is 25.8 Å². The van der Waals surface area contributed by atoms with Crippen molar-refractivity contribution in [1.29, 1.82) is 5.41 Å². The number of anilines is 1. The van der Waals surface area contributed by atoms with Crippen molar-refractivity contribution in [3.63, 3.8) is 0 Å². The molecule has 0 radical (unpaired) electrons. The number of nitrogens with zero attached hydrogens (tertiary/aromatic N) is 4. The van der Waals surface area contributed by atoms with Crippen LogP contribution in [0.2, 0.25) is 0 Å². The number of aryl methyl sites for hydroxylation is 2. The number of piperazine rings is 1. The molecule has 218 valence electrons. The molecule has 2 atom stereocenters. The Hall–Kier alpha value is -4.24. The Balaban J connectivity index is 1.30. The monoisotopic (exact) mass is 568 g/mol. The van der Waals surface area contributed by atoms with Gasteiger partial charge < -0.3 is 19.9 Å². The Labute approximate surface area is 245 Å². The zero-order valence-electron chi connectivity index (χ0n) is 24.3. The van der Waals surface area contributed by atoms with E-state index in [0.29, 0.717) is 41.1 Å². The highest BCUT2D eigenvalue weighted by Crippen LogP contribution is 2.31. The number of methoxy groups -OCH3 is 1. The fourth-order valence-corrected chi connectivity index (χ4v) is 6.43. The summed E-state index contributed by atoms with van der Waals surface area (Å²) in [5, 5.41) is 13.5. The summed E-state index contributed by atoms with van der Waals surface area (Å²) in [5.41, 5.74) is 4.42. The van der Waals surface area contributed by atoms with Crippen LogP contribution in [-0.4, -0.2) is 58.7 Å². The molecule has 0 spiro atoms. The number of ether oxygens (including phenoxy) is 1. The first-order valence-electron chi connectivity index (χ1n) is 14.6. The van der Waals surface area contributed by atoms with E-state index in [0.717, 1.165) is 31.6 Å². The van der Waals surface area contributed by atoms with Gasteiger partial charge in [0.2, 0.25) is 0 Å². The molecule has 2 heterocycles. The average Bonchev–Trinajstić information content (AvgIpc) is 3.40. The second kappa shape index (κ2) is 11.6. The van der Waals surface area contributed by atoms with Gasteiger partial charge in [0.15, 0.2) is 5.96 Å². The zero-order valence-corrected chi connectivity index (χ0v) is 24.3.